The van der Waals surface area contributed by atoms with Crippen molar-refractivity contribution >= 4 is 23.4 Å². The summed E-state index contributed by atoms with van der Waals surface area (Å²) in [5, 5.41) is 11.6. The quantitative estimate of drug-likeness (QED) is 0.676. The number of rotatable bonds is 3. The van der Waals surface area contributed by atoms with Crippen LogP contribution in [0, 0.1) is 28.6 Å². The molecule has 1 heterocycles. The summed E-state index contributed by atoms with van der Waals surface area (Å²) in [6.07, 6.45) is 7.01. The third-order valence-electron chi connectivity index (χ3n) is 9.17. The van der Waals surface area contributed by atoms with Crippen molar-refractivity contribution in [1.82, 2.24) is 0 Å². The van der Waals surface area contributed by atoms with Crippen molar-refractivity contribution in [3.05, 3.63) is 23.8 Å². The number of hydrogen-bond acceptors (Lipinski definition) is 7. The molecular formula is C25H31NO6. The molecule has 3 fully saturated rings. The van der Waals surface area contributed by atoms with Gasteiger partial charge in [0.15, 0.2) is 23.8 Å². The Morgan fingerprint density at radius 2 is 2.09 bits per heavy atom. The molecule has 3 saturated carbocycles. The van der Waals surface area contributed by atoms with Crippen molar-refractivity contribution in [1.29, 1.82) is 0 Å². The topological polar surface area (TPSA) is 102 Å². The molecule has 5 aliphatic rings. The maximum absolute atomic E-state index is 13.5. The highest BCUT2D eigenvalue weighted by Gasteiger charge is 2.74. The number of allylic oxidation sites excluding steroid dienone is 4. The van der Waals surface area contributed by atoms with E-state index in [2.05, 4.69) is 13.8 Å². The zero-order valence-corrected chi connectivity index (χ0v) is 19.1. The van der Waals surface area contributed by atoms with Gasteiger partial charge in [0, 0.05) is 30.6 Å². The molecule has 0 aromatic rings. The molecule has 7 nitrogen and oxygen atoms in total. The number of ketones is 2. The van der Waals surface area contributed by atoms with Gasteiger partial charge < -0.3 is 14.6 Å². The number of nitrogens with zero attached hydrogens (tertiary/aromatic N) is 1. The molecule has 0 amide bonds. The average Bonchev–Trinajstić information content (AvgIpc) is 3.17. The van der Waals surface area contributed by atoms with Gasteiger partial charge in [0.05, 0.1) is 6.10 Å². The van der Waals surface area contributed by atoms with Crippen LogP contribution in [-0.2, 0) is 23.9 Å². The first-order valence-electron chi connectivity index (χ1n) is 11.5. The third-order valence-corrected chi connectivity index (χ3v) is 9.17. The number of aliphatic imine (C=N–C) groups is 1. The van der Waals surface area contributed by atoms with E-state index in [-0.39, 0.29) is 41.3 Å². The molecular weight excluding hydrogens is 410 g/mol. The lowest BCUT2D eigenvalue weighted by atomic mass is 9.46. The van der Waals surface area contributed by atoms with Crippen molar-refractivity contribution < 1.29 is 29.0 Å². The van der Waals surface area contributed by atoms with Gasteiger partial charge in [-0.3, -0.25) is 14.4 Å². The second-order valence-corrected chi connectivity index (χ2v) is 10.7. The van der Waals surface area contributed by atoms with E-state index in [1.807, 2.05) is 6.08 Å². The first-order valence-corrected chi connectivity index (χ1v) is 11.5. The molecule has 0 radical (unpaired) electrons. The minimum absolute atomic E-state index is 0.00898. The molecule has 8 atom stereocenters. The number of esters is 1. The largest absolute Gasteiger partial charge is 0.475 e. The van der Waals surface area contributed by atoms with E-state index in [1.165, 1.54) is 6.92 Å². The van der Waals surface area contributed by atoms with E-state index in [0.29, 0.717) is 18.7 Å². The van der Waals surface area contributed by atoms with E-state index in [4.69, 9.17) is 14.5 Å². The van der Waals surface area contributed by atoms with E-state index in [1.54, 1.807) is 19.1 Å². The lowest BCUT2D eigenvalue weighted by Gasteiger charge is -2.59. The minimum atomic E-state index is -1.15. The summed E-state index contributed by atoms with van der Waals surface area (Å²) in [7, 11) is 0. The van der Waals surface area contributed by atoms with Crippen molar-refractivity contribution in [3.63, 3.8) is 0 Å². The predicted octanol–water partition coefficient (Wildman–Crippen LogP) is 2.56. The van der Waals surface area contributed by atoms with Gasteiger partial charge in [-0.05, 0) is 49.7 Å². The minimum Gasteiger partial charge on any atom is -0.475 e. The lowest BCUT2D eigenvalue weighted by Crippen LogP contribution is -2.62. The number of ether oxygens (including phenoxy) is 2. The second-order valence-electron chi connectivity index (χ2n) is 10.7. The van der Waals surface area contributed by atoms with Gasteiger partial charge >= 0.3 is 5.97 Å². The molecule has 0 saturated heterocycles. The molecule has 172 valence electrons. The first kappa shape index (κ1) is 21.6. The molecule has 32 heavy (non-hydrogen) atoms. The van der Waals surface area contributed by atoms with Gasteiger partial charge in [-0.1, -0.05) is 25.5 Å². The fraction of sp³-hybridized carbons (Fsp3) is 0.680. The number of carbonyl (C=O) groups excluding carboxylic acids is 3. The summed E-state index contributed by atoms with van der Waals surface area (Å²) in [5.74, 6) is -0.0140. The lowest BCUT2D eigenvalue weighted by molar-refractivity contribution is -0.155. The molecule has 0 spiro atoms. The molecule has 5 rings (SSSR count). The maximum Gasteiger partial charge on any atom is 0.303 e. The van der Waals surface area contributed by atoms with Gasteiger partial charge in [-0.15, -0.1) is 0 Å². The fourth-order valence-corrected chi connectivity index (χ4v) is 7.97. The zero-order chi connectivity index (χ0) is 23.1. The highest BCUT2D eigenvalue weighted by Crippen LogP contribution is 2.69. The van der Waals surface area contributed by atoms with Gasteiger partial charge in [-0.25, -0.2) is 4.99 Å². The molecule has 4 aliphatic carbocycles. The molecule has 1 N–H and O–H groups in total. The standard InChI is InChI=1S/C25H31NO6/c1-13-26-25(20(30)12-31-14(2)27)21(32-13)10-18-17-6-5-15-9-16(28)7-8-23(15,3)22(17)19(29)11-24(18,25)4/h7-9,17-19,21-22,29H,5-6,10-12H2,1-4H3/t17-,18?,19-,21+,22+,23-,24-,25+/m0/s1. The van der Waals surface area contributed by atoms with Gasteiger partial charge in [0.25, 0.3) is 0 Å². The van der Waals surface area contributed by atoms with Gasteiger partial charge in [0.1, 0.15) is 6.10 Å². The first-order chi connectivity index (χ1) is 15.0. The smallest absolute Gasteiger partial charge is 0.303 e. The Balaban J connectivity index is 1.56. The van der Waals surface area contributed by atoms with Crippen molar-refractivity contribution in [3.8, 4) is 0 Å². The van der Waals surface area contributed by atoms with Gasteiger partial charge in [0.2, 0.25) is 5.78 Å². The Bertz CT molecular complexity index is 996. The SMILES string of the molecule is CC(=O)OCC(=O)[C@@]12N=C(C)O[C@@H]1CC1[C@@H]3CCC4=CC(=O)C=C[C@]4(C)[C@H]3[C@@H](O)C[C@@]12C. The monoisotopic (exact) mass is 441 g/mol. The summed E-state index contributed by atoms with van der Waals surface area (Å²) in [6.45, 7) is 6.88. The number of hydrogen-bond donors (Lipinski definition) is 1. The molecule has 1 aliphatic heterocycles. The van der Waals surface area contributed by atoms with Crippen molar-refractivity contribution in [2.75, 3.05) is 6.61 Å². The highest BCUT2D eigenvalue weighted by atomic mass is 16.5. The fourth-order valence-electron chi connectivity index (χ4n) is 7.97. The normalized spacial score (nSPS) is 46.2. The summed E-state index contributed by atoms with van der Waals surface area (Å²) >= 11 is 0. The second kappa shape index (κ2) is 6.86. The molecule has 7 heteroatoms. The van der Waals surface area contributed by atoms with Crippen molar-refractivity contribution in [2.24, 2.45) is 33.6 Å². The van der Waals surface area contributed by atoms with Crippen LogP contribution in [0.25, 0.3) is 0 Å². The zero-order valence-electron chi connectivity index (χ0n) is 19.1. The Hall–Kier alpha value is -2.28. The molecule has 0 aromatic carbocycles. The summed E-state index contributed by atoms with van der Waals surface area (Å²) in [4.78, 5) is 41.7. The molecule has 1 unspecified atom stereocenters. The van der Waals surface area contributed by atoms with Crippen LogP contribution in [0.1, 0.15) is 53.4 Å². The van der Waals surface area contributed by atoms with Crippen LogP contribution in [-0.4, -0.2) is 52.9 Å². The van der Waals surface area contributed by atoms with E-state index in [9.17, 15) is 19.5 Å². The van der Waals surface area contributed by atoms with E-state index >= 15 is 0 Å². The van der Waals surface area contributed by atoms with Crippen LogP contribution < -0.4 is 0 Å². The average molecular weight is 442 g/mol. The number of aliphatic hydroxyl groups is 1. The highest BCUT2D eigenvalue weighted by molar-refractivity contribution is 6.01. The van der Waals surface area contributed by atoms with E-state index < -0.39 is 29.1 Å². The van der Waals surface area contributed by atoms with E-state index in [0.717, 1.165) is 18.4 Å². The van der Waals surface area contributed by atoms with Crippen molar-refractivity contribution in [2.45, 2.75) is 71.1 Å². The number of fused-ring (bicyclic) bond motifs is 7. The summed E-state index contributed by atoms with van der Waals surface area (Å²) in [6, 6.07) is 0. The third kappa shape index (κ3) is 2.63. The number of aliphatic hydroxyl groups excluding tert-OH is 1. The van der Waals surface area contributed by atoms with Crippen LogP contribution in [0.15, 0.2) is 28.8 Å². The maximum atomic E-state index is 13.5. The Morgan fingerprint density at radius 1 is 1.34 bits per heavy atom. The number of carbonyl (C=O) groups is 3. The Labute approximate surface area is 187 Å². The Kier molecular flexibility index (Phi) is 4.62. The summed E-state index contributed by atoms with van der Waals surface area (Å²) < 4.78 is 11.2. The Morgan fingerprint density at radius 3 is 2.81 bits per heavy atom. The van der Waals surface area contributed by atoms with Crippen LogP contribution in [0.2, 0.25) is 0 Å². The van der Waals surface area contributed by atoms with Gasteiger partial charge in [-0.2, -0.15) is 0 Å². The van der Waals surface area contributed by atoms with Crippen LogP contribution in [0.4, 0.5) is 0 Å². The van der Waals surface area contributed by atoms with Crippen LogP contribution >= 0.6 is 0 Å². The predicted molar refractivity (Wildman–Crippen MR) is 116 cm³/mol. The molecule has 0 aromatic heterocycles. The van der Waals surface area contributed by atoms with Crippen LogP contribution in [0.3, 0.4) is 0 Å². The number of Topliss-reactive ketones (excluding diaryl/α,β-unsaturated/α-hetero) is 1. The van der Waals surface area contributed by atoms with Crippen LogP contribution in [0.5, 0.6) is 0 Å². The molecule has 0 bridgehead atoms. The summed E-state index contributed by atoms with van der Waals surface area (Å²) in [5.41, 5.74) is -1.04.